The third kappa shape index (κ3) is 3.31. The average molecular weight is 285 g/mol. The van der Waals surface area contributed by atoms with Gasteiger partial charge in [-0.15, -0.1) is 10.2 Å². The molecule has 1 aromatic carbocycles. The lowest BCUT2D eigenvalue weighted by molar-refractivity contribution is 0.591. The van der Waals surface area contributed by atoms with Crippen molar-refractivity contribution in [3.63, 3.8) is 0 Å². The molecule has 0 radical (unpaired) electrons. The smallest absolute Gasteiger partial charge is 0.191 e. The van der Waals surface area contributed by atoms with E-state index in [1.54, 1.807) is 11.8 Å². The maximum absolute atomic E-state index is 4.33. The number of benzene rings is 1. The minimum absolute atomic E-state index is 0.938. The summed E-state index contributed by atoms with van der Waals surface area (Å²) < 4.78 is 2.30. The second kappa shape index (κ2) is 6.75. The van der Waals surface area contributed by atoms with Gasteiger partial charge in [-0.25, -0.2) is 0 Å². The highest BCUT2D eigenvalue weighted by Crippen LogP contribution is 2.21. The van der Waals surface area contributed by atoms with Gasteiger partial charge in [0.05, 0.1) is 0 Å². The molecular formula is C16H19N3S. The van der Waals surface area contributed by atoms with Gasteiger partial charge in [0, 0.05) is 18.7 Å². The monoisotopic (exact) mass is 285 g/mol. The Balaban J connectivity index is 1.59. The van der Waals surface area contributed by atoms with Crippen LogP contribution >= 0.6 is 11.8 Å². The number of nitrogens with zero attached hydrogens (tertiary/aromatic N) is 3. The zero-order valence-corrected chi connectivity index (χ0v) is 12.4. The predicted molar refractivity (Wildman–Crippen MR) is 83.8 cm³/mol. The fraction of sp³-hybridized carbons (Fsp3) is 0.375. The van der Waals surface area contributed by atoms with Crippen LogP contribution in [0.25, 0.3) is 6.08 Å². The van der Waals surface area contributed by atoms with Crippen LogP contribution in [-0.4, -0.2) is 20.5 Å². The van der Waals surface area contributed by atoms with Crippen molar-refractivity contribution < 1.29 is 0 Å². The van der Waals surface area contributed by atoms with Gasteiger partial charge in [-0.05, 0) is 18.4 Å². The van der Waals surface area contributed by atoms with Gasteiger partial charge in [0.2, 0.25) is 0 Å². The number of hydrogen-bond donors (Lipinski definition) is 0. The van der Waals surface area contributed by atoms with Crippen LogP contribution in [0.4, 0.5) is 0 Å². The van der Waals surface area contributed by atoms with Crippen molar-refractivity contribution in [1.29, 1.82) is 0 Å². The summed E-state index contributed by atoms with van der Waals surface area (Å²) in [7, 11) is 0. The number of aryl methyl sites for hydroxylation is 1. The highest BCUT2D eigenvalue weighted by molar-refractivity contribution is 7.99. The first-order valence-corrected chi connectivity index (χ1v) is 8.18. The first-order chi connectivity index (χ1) is 9.93. The van der Waals surface area contributed by atoms with Crippen LogP contribution in [0.1, 0.15) is 30.7 Å². The molecule has 4 heteroatoms. The molecule has 3 rings (SSSR count). The molecule has 2 heterocycles. The number of aromatic nitrogens is 3. The van der Waals surface area contributed by atoms with Gasteiger partial charge < -0.3 is 4.57 Å². The molecule has 0 aliphatic carbocycles. The molecule has 3 nitrogen and oxygen atoms in total. The summed E-state index contributed by atoms with van der Waals surface area (Å²) in [4.78, 5) is 0. The van der Waals surface area contributed by atoms with Crippen LogP contribution in [0.3, 0.4) is 0 Å². The minimum Gasteiger partial charge on any atom is -0.306 e. The molecule has 0 atom stereocenters. The maximum Gasteiger partial charge on any atom is 0.191 e. The van der Waals surface area contributed by atoms with Crippen molar-refractivity contribution in [3.05, 3.63) is 47.8 Å². The van der Waals surface area contributed by atoms with Gasteiger partial charge in [0.1, 0.15) is 5.82 Å². The summed E-state index contributed by atoms with van der Waals surface area (Å²) in [5.74, 6) is 2.10. The molecule has 20 heavy (non-hydrogen) atoms. The molecule has 1 aliphatic rings. The van der Waals surface area contributed by atoms with Crippen molar-refractivity contribution in [2.45, 2.75) is 37.4 Å². The van der Waals surface area contributed by atoms with E-state index in [-0.39, 0.29) is 0 Å². The Kier molecular flexibility index (Phi) is 4.53. The summed E-state index contributed by atoms with van der Waals surface area (Å²) in [6.45, 7) is 1.08. The minimum atomic E-state index is 0.938. The van der Waals surface area contributed by atoms with Gasteiger partial charge in [0.15, 0.2) is 5.16 Å². The summed E-state index contributed by atoms with van der Waals surface area (Å²) >= 11 is 1.77. The molecule has 1 aliphatic heterocycles. The van der Waals surface area contributed by atoms with Crippen molar-refractivity contribution >= 4 is 17.8 Å². The highest BCUT2D eigenvalue weighted by Gasteiger charge is 2.14. The number of thioether (sulfide) groups is 1. The first-order valence-electron chi connectivity index (χ1n) is 7.20. The van der Waals surface area contributed by atoms with E-state index >= 15 is 0 Å². The van der Waals surface area contributed by atoms with Crippen LogP contribution < -0.4 is 0 Å². The van der Waals surface area contributed by atoms with Gasteiger partial charge >= 0.3 is 0 Å². The number of fused-ring (bicyclic) bond motifs is 1. The lowest BCUT2D eigenvalue weighted by Gasteiger charge is -2.04. The van der Waals surface area contributed by atoms with E-state index in [0.717, 1.165) is 29.7 Å². The fourth-order valence-electron chi connectivity index (χ4n) is 2.44. The first kappa shape index (κ1) is 13.4. The highest BCUT2D eigenvalue weighted by atomic mass is 32.2. The molecule has 0 amide bonds. The molecule has 2 aromatic rings. The molecule has 0 saturated carbocycles. The van der Waals surface area contributed by atoms with Crippen LogP contribution in [0, 0.1) is 0 Å². The van der Waals surface area contributed by atoms with Gasteiger partial charge in [-0.2, -0.15) is 0 Å². The van der Waals surface area contributed by atoms with E-state index in [1.807, 2.05) is 6.07 Å². The van der Waals surface area contributed by atoms with Crippen LogP contribution in [0.5, 0.6) is 0 Å². The summed E-state index contributed by atoms with van der Waals surface area (Å²) in [5, 5.41) is 9.72. The Morgan fingerprint density at radius 1 is 1.10 bits per heavy atom. The predicted octanol–water partition coefficient (Wildman–Crippen LogP) is 3.81. The molecule has 104 valence electrons. The lowest BCUT2D eigenvalue weighted by Crippen LogP contribution is -2.02. The second-order valence-corrected chi connectivity index (χ2v) is 5.97. The zero-order valence-electron chi connectivity index (χ0n) is 11.5. The van der Waals surface area contributed by atoms with Crippen LogP contribution in [0.2, 0.25) is 0 Å². The molecule has 0 N–H and O–H groups in total. The standard InChI is InChI=1S/C16H19N3S/c1-3-8-14(9-4-1)10-7-13-20-16-18-17-15-11-5-2-6-12-19(15)16/h1,3-4,7-10H,2,5-6,11-13H2/b10-7+. The Morgan fingerprint density at radius 2 is 2.00 bits per heavy atom. The molecule has 0 bridgehead atoms. The maximum atomic E-state index is 4.33. The Labute approximate surface area is 124 Å². The van der Waals surface area contributed by atoms with Crippen LogP contribution in [0.15, 0.2) is 41.6 Å². The summed E-state index contributed by atoms with van der Waals surface area (Å²) in [5.41, 5.74) is 1.24. The number of rotatable bonds is 4. The molecule has 0 saturated heterocycles. The SMILES string of the molecule is C(=C\c1ccccc1)/CSc1nnc2n1CCCCC2. The van der Waals surface area contributed by atoms with Crippen molar-refractivity contribution in [1.82, 2.24) is 14.8 Å². The van der Waals surface area contributed by atoms with E-state index in [9.17, 15) is 0 Å². The van der Waals surface area contributed by atoms with Gasteiger partial charge in [-0.3, -0.25) is 0 Å². The second-order valence-electron chi connectivity index (χ2n) is 4.99. The molecule has 0 unspecified atom stereocenters. The van der Waals surface area contributed by atoms with E-state index in [4.69, 9.17) is 0 Å². The van der Waals surface area contributed by atoms with Gasteiger partial charge in [0.25, 0.3) is 0 Å². The molecular weight excluding hydrogens is 266 g/mol. The van der Waals surface area contributed by atoms with Gasteiger partial charge in [-0.1, -0.05) is 60.7 Å². The van der Waals surface area contributed by atoms with Crippen molar-refractivity contribution in [2.75, 3.05) is 5.75 Å². The largest absolute Gasteiger partial charge is 0.306 e. The van der Waals surface area contributed by atoms with E-state index in [0.29, 0.717) is 0 Å². The van der Waals surface area contributed by atoms with Crippen molar-refractivity contribution in [3.8, 4) is 0 Å². The third-order valence-electron chi connectivity index (χ3n) is 3.49. The normalized spacial score (nSPS) is 15.2. The fourth-order valence-corrected chi connectivity index (χ4v) is 3.23. The van der Waals surface area contributed by atoms with E-state index in [2.05, 4.69) is 51.2 Å². The van der Waals surface area contributed by atoms with E-state index < -0.39 is 0 Å². The summed E-state index contributed by atoms with van der Waals surface area (Å²) in [6.07, 6.45) is 9.23. The quantitative estimate of drug-likeness (QED) is 0.800. The number of hydrogen-bond acceptors (Lipinski definition) is 3. The third-order valence-corrected chi connectivity index (χ3v) is 4.41. The summed E-state index contributed by atoms with van der Waals surface area (Å²) in [6, 6.07) is 10.4. The topological polar surface area (TPSA) is 30.7 Å². The molecule has 0 fully saturated rings. The Morgan fingerprint density at radius 3 is 2.90 bits per heavy atom. The van der Waals surface area contributed by atoms with E-state index in [1.165, 1.54) is 24.8 Å². The molecule has 0 spiro atoms. The lowest BCUT2D eigenvalue weighted by atomic mass is 10.2. The zero-order chi connectivity index (χ0) is 13.6. The average Bonchev–Trinajstić information content (AvgIpc) is 2.72. The Bertz CT molecular complexity index is 575. The van der Waals surface area contributed by atoms with Crippen molar-refractivity contribution in [2.24, 2.45) is 0 Å². The van der Waals surface area contributed by atoms with Crippen LogP contribution in [-0.2, 0) is 13.0 Å². The molecule has 1 aromatic heterocycles. The Hall–Kier alpha value is -1.55.